The summed E-state index contributed by atoms with van der Waals surface area (Å²) in [6, 6.07) is 1.89. The number of alkyl halides is 1. The van der Waals surface area contributed by atoms with E-state index in [9.17, 15) is 4.79 Å². The third-order valence-electron chi connectivity index (χ3n) is 3.35. The van der Waals surface area contributed by atoms with Gasteiger partial charge in [0, 0.05) is 17.9 Å². The van der Waals surface area contributed by atoms with Crippen LogP contribution >= 0.6 is 50.5 Å². The summed E-state index contributed by atoms with van der Waals surface area (Å²) in [5, 5.41) is 0. The van der Waals surface area contributed by atoms with Crippen molar-refractivity contribution >= 4 is 56.4 Å². The Morgan fingerprint density at radius 2 is 2.11 bits per heavy atom. The molecule has 0 N–H and O–H groups in total. The van der Waals surface area contributed by atoms with E-state index in [0.717, 1.165) is 12.8 Å². The zero-order chi connectivity index (χ0) is 13.3. The number of rotatable bonds is 2. The van der Waals surface area contributed by atoms with Crippen LogP contribution in [0.3, 0.4) is 0 Å². The normalized spacial score (nSPS) is 24.0. The molecule has 1 amide bonds. The molecule has 0 spiro atoms. The van der Waals surface area contributed by atoms with E-state index in [1.807, 2.05) is 7.05 Å². The number of hydrogen-bond donors (Lipinski definition) is 0. The monoisotopic (exact) mass is 369 g/mol. The summed E-state index contributed by atoms with van der Waals surface area (Å²) < 4.78 is 1.02. The molecule has 2 rings (SSSR count). The predicted molar refractivity (Wildman–Crippen MR) is 81.4 cm³/mol. The van der Waals surface area contributed by atoms with Crippen LogP contribution in [-0.4, -0.2) is 28.7 Å². The molecule has 6 heteroatoms. The van der Waals surface area contributed by atoms with Crippen molar-refractivity contribution in [3.05, 3.63) is 20.3 Å². The van der Waals surface area contributed by atoms with Gasteiger partial charge < -0.3 is 4.90 Å². The second-order valence-electron chi connectivity index (χ2n) is 4.52. The van der Waals surface area contributed by atoms with Crippen molar-refractivity contribution in [2.45, 2.75) is 36.6 Å². The van der Waals surface area contributed by atoms with Gasteiger partial charge in [0.05, 0.1) is 9.90 Å². The highest BCUT2D eigenvalue weighted by molar-refractivity contribution is 9.09. The van der Waals surface area contributed by atoms with Crippen molar-refractivity contribution < 1.29 is 4.79 Å². The number of carbonyl (C=O) groups excluding carboxylic acids is 1. The van der Waals surface area contributed by atoms with E-state index in [1.54, 1.807) is 11.0 Å². The maximum absolute atomic E-state index is 12.4. The highest BCUT2D eigenvalue weighted by Crippen LogP contribution is 2.34. The van der Waals surface area contributed by atoms with Crippen LogP contribution in [0.5, 0.6) is 0 Å². The average Bonchev–Trinajstić information content (AvgIpc) is 2.67. The summed E-state index contributed by atoms with van der Waals surface area (Å²) in [7, 11) is 1.84. The molecule has 1 saturated carbocycles. The van der Waals surface area contributed by atoms with Gasteiger partial charge >= 0.3 is 0 Å². The molecule has 0 saturated heterocycles. The van der Waals surface area contributed by atoms with Crippen molar-refractivity contribution in [2.24, 2.45) is 0 Å². The molecule has 2 nitrogen and oxygen atoms in total. The van der Waals surface area contributed by atoms with Crippen molar-refractivity contribution in [1.29, 1.82) is 0 Å². The molecule has 2 unspecified atom stereocenters. The van der Waals surface area contributed by atoms with Crippen LogP contribution < -0.4 is 0 Å². The summed E-state index contributed by atoms with van der Waals surface area (Å²) in [6.45, 7) is 0. The molecule has 0 aromatic carbocycles. The topological polar surface area (TPSA) is 20.3 Å². The fourth-order valence-electron chi connectivity index (χ4n) is 2.33. The lowest BCUT2D eigenvalue weighted by molar-refractivity contribution is 0.0705. The maximum atomic E-state index is 12.4. The van der Waals surface area contributed by atoms with Gasteiger partial charge in [0.1, 0.15) is 4.34 Å². The van der Waals surface area contributed by atoms with Crippen LogP contribution in [0.2, 0.25) is 8.67 Å². The number of carbonyl (C=O) groups is 1. The summed E-state index contributed by atoms with van der Waals surface area (Å²) >= 11 is 16.8. The van der Waals surface area contributed by atoms with Crippen LogP contribution in [0, 0.1) is 0 Å². The minimum Gasteiger partial charge on any atom is -0.338 e. The molecule has 1 aliphatic rings. The molecule has 1 fully saturated rings. The first-order valence-corrected chi connectivity index (χ1v) is 8.35. The number of nitrogens with zero attached hydrogens (tertiary/aromatic N) is 1. The highest BCUT2D eigenvalue weighted by Gasteiger charge is 2.30. The molecule has 1 aliphatic carbocycles. The second kappa shape index (κ2) is 6.12. The van der Waals surface area contributed by atoms with E-state index in [2.05, 4.69) is 15.9 Å². The first-order chi connectivity index (χ1) is 8.50. The highest BCUT2D eigenvalue weighted by atomic mass is 79.9. The van der Waals surface area contributed by atoms with Gasteiger partial charge in [-0.2, -0.15) is 0 Å². The molecule has 2 atom stereocenters. The largest absolute Gasteiger partial charge is 0.338 e. The minimum absolute atomic E-state index is 0.0421. The third kappa shape index (κ3) is 3.03. The van der Waals surface area contributed by atoms with E-state index < -0.39 is 0 Å². The Balaban J connectivity index is 2.15. The third-order valence-corrected chi connectivity index (χ3v) is 5.91. The Morgan fingerprint density at radius 3 is 2.67 bits per heavy atom. The summed E-state index contributed by atoms with van der Waals surface area (Å²) in [6.07, 6.45) is 4.54. The Hall–Kier alpha value is 0.230. The SMILES string of the molecule is CN(C(=O)c1cc(Cl)sc1Cl)C1CCCCC1Br. The molecule has 1 heterocycles. The van der Waals surface area contributed by atoms with Crippen LogP contribution in [0.15, 0.2) is 6.07 Å². The van der Waals surface area contributed by atoms with Crippen molar-refractivity contribution in [2.75, 3.05) is 7.05 Å². The van der Waals surface area contributed by atoms with Crippen LogP contribution in [0.25, 0.3) is 0 Å². The standard InChI is InChI=1S/C12H14BrCl2NOS/c1-16(9-5-3-2-4-8(9)13)12(17)7-6-10(14)18-11(7)15/h6,8-9H,2-5H2,1H3. The molecule has 18 heavy (non-hydrogen) atoms. The second-order valence-corrected chi connectivity index (χ2v) is 7.98. The molecule has 1 aromatic heterocycles. The van der Waals surface area contributed by atoms with E-state index in [4.69, 9.17) is 23.2 Å². The maximum Gasteiger partial charge on any atom is 0.256 e. The quantitative estimate of drug-likeness (QED) is 0.682. The molecular formula is C12H14BrCl2NOS. The number of thiophene rings is 1. The van der Waals surface area contributed by atoms with Gasteiger partial charge in [-0.15, -0.1) is 11.3 Å². The summed E-state index contributed by atoms with van der Waals surface area (Å²) in [5.41, 5.74) is 0.513. The van der Waals surface area contributed by atoms with Gasteiger partial charge in [-0.05, 0) is 18.9 Å². The first kappa shape index (κ1) is 14.6. The molecule has 0 bridgehead atoms. The van der Waals surface area contributed by atoms with Gasteiger partial charge in [0.25, 0.3) is 5.91 Å². The molecule has 1 aromatic rings. The zero-order valence-corrected chi connectivity index (χ0v) is 13.9. The lowest BCUT2D eigenvalue weighted by Crippen LogP contribution is -2.44. The molecular weight excluding hydrogens is 357 g/mol. The summed E-state index contributed by atoms with van der Waals surface area (Å²) in [4.78, 5) is 14.6. The van der Waals surface area contributed by atoms with E-state index >= 15 is 0 Å². The smallest absolute Gasteiger partial charge is 0.256 e. The molecule has 100 valence electrons. The fraction of sp³-hybridized carbons (Fsp3) is 0.583. The zero-order valence-electron chi connectivity index (χ0n) is 9.96. The predicted octanol–water partition coefficient (Wildman–Crippen LogP) is 4.83. The average molecular weight is 371 g/mol. The minimum atomic E-state index is -0.0421. The van der Waals surface area contributed by atoms with Crippen LogP contribution in [0.1, 0.15) is 36.0 Å². The molecule has 0 radical (unpaired) electrons. The number of amides is 1. The van der Waals surface area contributed by atoms with Crippen LogP contribution in [-0.2, 0) is 0 Å². The van der Waals surface area contributed by atoms with Crippen molar-refractivity contribution in [1.82, 2.24) is 4.90 Å². The fourth-order valence-corrected chi connectivity index (χ4v) is 4.72. The van der Waals surface area contributed by atoms with E-state index in [0.29, 0.717) is 19.1 Å². The Kier molecular flexibility index (Phi) is 4.98. The summed E-state index contributed by atoms with van der Waals surface area (Å²) in [5.74, 6) is -0.0421. The first-order valence-electron chi connectivity index (χ1n) is 5.86. The van der Waals surface area contributed by atoms with Gasteiger partial charge in [0.15, 0.2) is 0 Å². The van der Waals surface area contributed by atoms with E-state index in [-0.39, 0.29) is 11.9 Å². The van der Waals surface area contributed by atoms with Crippen LogP contribution in [0.4, 0.5) is 0 Å². The Bertz CT molecular complexity index is 451. The Labute approximate surface area is 129 Å². The lowest BCUT2D eigenvalue weighted by Gasteiger charge is -2.35. The lowest BCUT2D eigenvalue weighted by atomic mass is 9.94. The van der Waals surface area contributed by atoms with Gasteiger partial charge in [0.2, 0.25) is 0 Å². The number of hydrogen-bond acceptors (Lipinski definition) is 2. The van der Waals surface area contributed by atoms with Crippen molar-refractivity contribution in [3.8, 4) is 0 Å². The van der Waals surface area contributed by atoms with Crippen molar-refractivity contribution in [3.63, 3.8) is 0 Å². The van der Waals surface area contributed by atoms with E-state index in [1.165, 1.54) is 24.2 Å². The van der Waals surface area contributed by atoms with Gasteiger partial charge in [-0.25, -0.2) is 0 Å². The van der Waals surface area contributed by atoms with Gasteiger partial charge in [-0.3, -0.25) is 4.79 Å². The Morgan fingerprint density at radius 1 is 1.44 bits per heavy atom. The molecule has 0 aliphatic heterocycles. The van der Waals surface area contributed by atoms with Gasteiger partial charge in [-0.1, -0.05) is 52.0 Å². The number of halogens is 3.